The normalized spacial score (nSPS) is 12.8. The van der Waals surface area contributed by atoms with Gasteiger partial charge in [-0.25, -0.2) is 9.78 Å². The molecule has 0 amide bonds. The van der Waals surface area contributed by atoms with Crippen LogP contribution in [-0.2, 0) is 15.3 Å². The van der Waals surface area contributed by atoms with Gasteiger partial charge in [-0.1, -0.05) is 6.07 Å². The van der Waals surface area contributed by atoms with Crippen molar-refractivity contribution >= 4 is 23.7 Å². The molecular weight excluding hydrogens is 280 g/mol. The summed E-state index contributed by atoms with van der Waals surface area (Å²) < 4.78 is 3.96. The Balaban J connectivity index is 2.75. The van der Waals surface area contributed by atoms with Gasteiger partial charge in [0.2, 0.25) is 0 Å². The van der Waals surface area contributed by atoms with Crippen LogP contribution in [0.15, 0.2) is 18.2 Å². The van der Waals surface area contributed by atoms with Crippen molar-refractivity contribution in [1.82, 2.24) is 4.98 Å². The van der Waals surface area contributed by atoms with E-state index >= 15 is 0 Å². The monoisotopic (exact) mass is 298 g/mol. The number of thioether (sulfide) groups is 1. The fraction of sp³-hybridized carbons (Fsp3) is 0.462. The fourth-order valence-corrected chi connectivity index (χ4v) is 2.39. The van der Waals surface area contributed by atoms with E-state index in [-0.39, 0.29) is 5.69 Å². The van der Waals surface area contributed by atoms with Crippen LogP contribution in [0.3, 0.4) is 0 Å². The Morgan fingerprint density at radius 3 is 2.70 bits per heavy atom. The van der Waals surface area contributed by atoms with Gasteiger partial charge in [0.05, 0.1) is 12.8 Å². The molecule has 0 aliphatic rings. The molecule has 1 aromatic heterocycles. The maximum Gasteiger partial charge on any atom is 0.356 e. The minimum absolute atomic E-state index is 0.228. The van der Waals surface area contributed by atoms with Crippen molar-refractivity contribution in [3.63, 3.8) is 0 Å². The lowest BCUT2D eigenvalue weighted by Gasteiger charge is -2.27. The number of rotatable bonds is 6. The van der Waals surface area contributed by atoms with Crippen molar-refractivity contribution in [3.8, 4) is 0 Å². The van der Waals surface area contributed by atoms with Crippen molar-refractivity contribution in [2.24, 2.45) is 5.73 Å². The van der Waals surface area contributed by atoms with Gasteiger partial charge in [-0.05, 0) is 26.0 Å². The van der Waals surface area contributed by atoms with Gasteiger partial charge in [0.25, 0.3) is 0 Å². The Morgan fingerprint density at radius 1 is 1.50 bits per heavy atom. The van der Waals surface area contributed by atoms with E-state index in [0.29, 0.717) is 11.4 Å². The van der Waals surface area contributed by atoms with Crippen LogP contribution >= 0.6 is 11.8 Å². The van der Waals surface area contributed by atoms with Gasteiger partial charge in [0.1, 0.15) is 11.7 Å². The third-order valence-electron chi connectivity index (χ3n) is 2.81. The number of pyridine rings is 1. The third-order valence-corrected chi connectivity index (χ3v) is 4.25. The Morgan fingerprint density at radius 2 is 2.15 bits per heavy atom. The smallest absolute Gasteiger partial charge is 0.356 e. The first-order valence-electron chi connectivity index (χ1n) is 5.94. The zero-order chi connectivity index (χ0) is 15.3. The molecular formula is C13H18N2O4S. The third kappa shape index (κ3) is 4.21. The summed E-state index contributed by atoms with van der Waals surface area (Å²) in [5.41, 5.74) is 6.54. The summed E-state index contributed by atoms with van der Waals surface area (Å²) in [6.07, 6.45) is 0. The number of carboxylic acid groups (broad SMARTS) is 1. The fourth-order valence-electron chi connectivity index (χ4n) is 1.43. The maximum atomic E-state index is 11.4. The van der Waals surface area contributed by atoms with Gasteiger partial charge < -0.3 is 15.6 Å². The van der Waals surface area contributed by atoms with Gasteiger partial charge in [-0.3, -0.25) is 4.79 Å². The van der Waals surface area contributed by atoms with Crippen molar-refractivity contribution in [2.75, 3.05) is 7.11 Å². The molecule has 3 N–H and O–H groups in total. The number of nitrogens with two attached hydrogens (primary N) is 1. The second kappa shape index (κ2) is 6.71. The molecule has 1 heterocycles. The molecule has 0 unspecified atom stereocenters. The van der Waals surface area contributed by atoms with E-state index in [0.717, 1.165) is 0 Å². The highest BCUT2D eigenvalue weighted by atomic mass is 32.2. The number of ether oxygens (including phenoxy) is 1. The predicted octanol–water partition coefficient (Wildman–Crippen LogP) is 1.29. The summed E-state index contributed by atoms with van der Waals surface area (Å²) in [6.45, 7) is 3.53. The zero-order valence-electron chi connectivity index (χ0n) is 11.6. The number of aliphatic carboxylic acids is 1. The zero-order valence-corrected chi connectivity index (χ0v) is 12.4. The average Bonchev–Trinajstić information content (AvgIpc) is 2.43. The molecule has 0 aliphatic carbocycles. The molecule has 0 aliphatic heterocycles. The van der Waals surface area contributed by atoms with Crippen LogP contribution in [-0.4, -0.2) is 39.9 Å². The lowest BCUT2D eigenvalue weighted by Crippen LogP contribution is -2.46. The van der Waals surface area contributed by atoms with Gasteiger partial charge in [0.15, 0.2) is 0 Å². The minimum atomic E-state index is -1.04. The summed E-state index contributed by atoms with van der Waals surface area (Å²) >= 11 is 1.38. The van der Waals surface area contributed by atoms with Gasteiger partial charge >= 0.3 is 11.9 Å². The number of carboxylic acids is 1. The Labute approximate surface area is 121 Å². The highest BCUT2D eigenvalue weighted by Crippen LogP contribution is 2.30. The molecule has 0 saturated carbocycles. The van der Waals surface area contributed by atoms with Crippen LogP contribution in [0.2, 0.25) is 0 Å². The van der Waals surface area contributed by atoms with E-state index in [1.165, 1.54) is 18.9 Å². The van der Waals surface area contributed by atoms with Crippen LogP contribution in [0.4, 0.5) is 0 Å². The lowest BCUT2D eigenvalue weighted by molar-refractivity contribution is -0.139. The highest BCUT2D eigenvalue weighted by Gasteiger charge is 2.32. The molecule has 0 radical (unpaired) electrons. The molecule has 1 atom stereocenters. The van der Waals surface area contributed by atoms with Crippen LogP contribution in [0.25, 0.3) is 0 Å². The highest BCUT2D eigenvalue weighted by molar-refractivity contribution is 7.99. The number of nitrogens with zero attached hydrogens (tertiary/aromatic N) is 1. The molecule has 0 aromatic carbocycles. The lowest BCUT2D eigenvalue weighted by atomic mass is 10.1. The molecule has 0 spiro atoms. The number of carbonyl (C=O) groups excluding carboxylic acids is 1. The number of methoxy groups -OCH3 is 1. The van der Waals surface area contributed by atoms with Crippen LogP contribution in [0.1, 0.15) is 30.0 Å². The van der Waals surface area contributed by atoms with E-state index in [2.05, 4.69) is 9.72 Å². The number of carbonyl (C=O) groups is 2. The molecule has 0 saturated heterocycles. The quantitative estimate of drug-likeness (QED) is 0.763. The van der Waals surface area contributed by atoms with Gasteiger partial charge in [-0.2, -0.15) is 0 Å². The van der Waals surface area contributed by atoms with Crippen LogP contribution < -0.4 is 5.73 Å². The average molecular weight is 298 g/mol. The first-order valence-corrected chi connectivity index (χ1v) is 6.93. The second-order valence-electron chi connectivity index (χ2n) is 4.71. The van der Waals surface area contributed by atoms with Crippen LogP contribution in [0.5, 0.6) is 0 Å². The summed E-state index contributed by atoms with van der Waals surface area (Å²) in [7, 11) is 1.29. The summed E-state index contributed by atoms with van der Waals surface area (Å²) in [5.74, 6) is -1.09. The molecule has 1 rings (SSSR count). The van der Waals surface area contributed by atoms with Crippen molar-refractivity contribution < 1.29 is 19.4 Å². The van der Waals surface area contributed by atoms with Crippen molar-refractivity contribution in [3.05, 3.63) is 29.6 Å². The van der Waals surface area contributed by atoms with E-state index in [1.54, 1.807) is 32.0 Å². The van der Waals surface area contributed by atoms with Gasteiger partial charge in [0, 0.05) is 10.5 Å². The molecule has 7 heteroatoms. The number of hydrogen-bond acceptors (Lipinski definition) is 6. The Bertz CT molecular complexity index is 505. The maximum absolute atomic E-state index is 11.4. The van der Waals surface area contributed by atoms with E-state index in [1.807, 2.05) is 0 Å². The molecule has 6 nitrogen and oxygen atoms in total. The number of esters is 1. The Kier molecular flexibility index (Phi) is 5.52. The SMILES string of the molecule is COC(=O)c1cccc(CSC(C)(C)[C@@H](N)C(=O)O)n1. The van der Waals surface area contributed by atoms with Gasteiger partial charge in [-0.15, -0.1) is 11.8 Å². The number of hydrogen-bond donors (Lipinski definition) is 2. The van der Waals surface area contributed by atoms with Crippen molar-refractivity contribution in [1.29, 1.82) is 0 Å². The largest absolute Gasteiger partial charge is 0.480 e. The van der Waals surface area contributed by atoms with E-state index in [4.69, 9.17) is 10.8 Å². The Hall–Kier alpha value is -1.60. The van der Waals surface area contributed by atoms with Crippen LogP contribution in [0, 0.1) is 0 Å². The molecule has 1 aromatic rings. The first-order chi connectivity index (χ1) is 9.27. The van der Waals surface area contributed by atoms with E-state index in [9.17, 15) is 9.59 Å². The molecule has 20 heavy (non-hydrogen) atoms. The first kappa shape index (κ1) is 16.5. The summed E-state index contributed by atoms with van der Waals surface area (Å²) in [4.78, 5) is 26.5. The topological polar surface area (TPSA) is 103 Å². The van der Waals surface area contributed by atoms with E-state index < -0.39 is 22.7 Å². The summed E-state index contributed by atoms with van der Waals surface area (Å²) in [6, 6.07) is 4.06. The molecule has 0 bridgehead atoms. The number of aromatic nitrogens is 1. The molecule has 0 fully saturated rings. The standard InChI is InChI=1S/C13H18N2O4S/c1-13(2,10(14)11(16)17)20-7-8-5-4-6-9(15-8)12(18)19-3/h4-6,10H,7,14H2,1-3H3,(H,16,17)/t10-/m0/s1. The minimum Gasteiger partial charge on any atom is -0.480 e. The van der Waals surface area contributed by atoms with Crippen molar-refractivity contribution in [2.45, 2.75) is 30.4 Å². The molecule has 110 valence electrons. The second-order valence-corrected chi connectivity index (χ2v) is 6.34. The predicted molar refractivity (Wildman–Crippen MR) is 76.6 cm³/mol. The summed E-state index contributed by atoms with van der Waals surface area (Å²) in [5, 5.41) is 8.95.